The lowest BCUT2D eigenvalue weighted by molar-refractivity contribution is 0.177. The van der Waals surface area contributed by atoms with E-state index in [-0.39, 0.29) is 11.8 Å². The Kier molecular flexibility index (Phi) is 7.55. The predicted octanol–water partition coefficient (Wildman–Crippen LogP) is -0.717. The first kappa shape index (κ1) is 21.3. The minimum absolute atomic E-state index is 0.0661. The van der Waals surface area contributed by atoms with Crippen molar-refractivity contribution in [1.29, 1.82) is 0 Å². The molecule has 1 saturated heterocycles. The van der Waals surface area contributed by atoms with Crippen LogP contribution in [0.15, 0.2) is 4.99 Å². The summed E-state index contributed by atoms with van der Waals surface area (Å²) in [6, 6.07) is 0.159. The van der Waals surface area contributed by atoms with E-state index in [1.165, 1.54) is 0 Å². The number of hydrogen-bond acceptors (Lipinski definition) is 7. The van der Waals surface area contributed by atoms with E-state index in [1.807, 2.05) is 4.68 Å². The molecule has 1 atom stereocenters. The smallest absolute Gasteiger partial charge is 0.215 e. The van der Waals surface area contributed by atoms with Crippen LogP contribution in [0.3, 0.4) is 0 Å². The molecule has 0 radical (unpaired) electrons. The van der Waals surface area contributed by atoms with E-state index in [4.69, 9.17) is 4.74 Å². The lowest BCUT2D eigenvalue weighted by Gasteiger charge is -2.27. The highest BCUT2D eigenvalue weighted by Gasteiger charge is 2.25. The fourth-order valence-electron chi connectivity index (χ4n) is 3.31. The van der Waals surface area contributed by atoms with Crippen molar-refractivity contribution in [2.45, 2.75) is 32.0 Å². The van der Waals surface area contributed by atoms with E-state index in [2.05, 4.69) is 25.7 Å². The normalized spacial score (nSPS) is 21.4. The van der Waals surface area contributed by atoms with Gasteiger partial charge in [-0.25, -0.2) is 22.4 Å². The number of guanidine groups is 1. The lowest BCUT2D eigenvalue weighted by Crippen LogP contribution is -2.48. The number of methoxy groups -OCH3 is 1. The van der Waals surface area contributed by atoms with Crippen molar-refractivity contribution in [3.05, 3.63) is 11.6 Å². The van der Waals surface area contributed by atoms with Crippen molar-refractivity contribution in [1.82, 2.24) is 29.7 Å². The monoisotopic (exact) mass is 431 g/mol. The zero-order chi connectivity index (χ0) is 20.0. The van der Waals surface area contributed by atoms with Gasteiger partial charge in [-0.1, -0.05) is 0 Å². The molecule has 0 aromatic carbocycles. The number of aromatic nitrogens is 3. The first-order valence-corrected chi connectivity index (χ1v) is 12.2. The van der Waals surface area contributed by atoms with Crippen LogP contribution in [0.2, 0.25) is 0 Å². The number of nitrogens with zero attached hydrogens (tertiary/aromatic N) is 5. The standard InChI is InChI=1S/C16H29N7O3S2/c1-17-16(18-5-10-28(24,25)22-6-8-27-9-7-22)19-13-3-4-15-20-14(12-26-2)21-23(15)11-13/h13H,3-12H2,1-2H3,(H2,17,18,19). The molecule has 12 heteroatoms. The molecule has 0 saturated carbocycles. The molecule has 158 valence electrons. The van der Waals surface area contributed by atoms with Gasteiger partial charge in [-0.05, 0) is 6.42 Å². The number of nitrogens with one attached hydrogen (secondary N) is 2. The second kappa shape index (κ2) is 9.90. The van der Waals surface area contributed by atoms with Crippen molar-refractivity contribution < 1.29 is 13.2 Å². The lowest BCUT2D eigenvalue weighted by atomic mass is 10.1. The van der Waals surface area contributed by atoms with Crippen LogP contribution >= 0.6 is 11.8 Å². The first-order valence-electron chi connectivity index (χ1n) is 9.46. The van der Waals surface area contributed by atoms with E-state index in [9.17, 15) is 8.42 Å². The number of aryl methyl sites for hydroxylation is 1. The van der Waals surface area contributed by atoms with Crippen LogP contribution in [0.4, 0.5) is 0 Å². The predicted molar refractivity (Wildman–Crippen MR) is 110 cm³/mol. The molecule has 0 amide bonds. The van der Waals surface area contributed by atoms with Crippen LogP contribution in [0.5, 0.6) is 0 Å². The Bertz CT molecular complexity index is 775. The van der Waals surface area contributed by atoms with Crippen molar-refractivity contribution >= 4 is 27.7 Å². The number of ether oxygens (including phenoxy) is 1. The molecule has 0 spiro atoms. The molecule has 3 rings (SSSR count). The number of rotatable bonds is 7. The molecule has 1 unspecified atom stereocenters. The van der Waals surface area contributed by atoms with Gasteiger partial charge in [-0.15, -0.1) is 0 Å². The quantitative estimate of drug-likeness (QED) is 0.430. The highest BCUT2D eigenvalue weighted by atomic mass is 32.2. The largest absolute Gasteiger partial charge is 0.377 e. The summed E-state index contributed by atoms with van der Waals surface area (Å²) in [6.07, 6.45) is 1.74. The van der Waals surface area contributed by atoms with Crippen molar-refractivity contribution in [2.75, 3.05) is 51.1 Å². The topological polar surface area (TPSA) is 114 Å². The van der Waals surface area contributed by atoms with Gasteiger partial charge in [0.05, 0.1) is 12.3 Å². The fourth-order valence-corrected chi connectivity index (χ4v) is 5.80. The maximum atomic E-state index is 12.4. The second-order valence-corrected chi connectivity index (χ2v) is 10.1. The Morgan fingerprint density at radius 2 is 2.18 bits per heavy atom. The summed E-state index contributed by atoms with van der Waals surface area (Å²) in [5.41, 5.74) is 0. The Hall–Kier alpha value is -1.37. The molecule has 1 aromatic rings. The zero-order valence-electron chi connectivity index (χ0n) is 16.4. The van der Waals surface area contributed by atoms with E-state index in [0.29, 0.717) is 44.6 Å². The van der Waals surface area contributed by atoms with Crippen molar-refractivity contribution in [3.63, 3.8) is 0 Å². The highest BCUT2D eigenvalue weighted by molar-refractivity contribution is 7.99. The van der Waals surface area contributed by atoms with E-state index in [0.717, 1.165) is 30.2 Å². The van der Waals surface area contributed by atoms with Crippen molar-refractivity contribution in [3.8, 4) is 0 Å². The maximum Gasteiger partial charge on any atom is 0.215 e. The fraction of sp³-hybridized carbons (Fsp3) is 0.812. The third-order valence-electron chi connectivity index (χ3n) is 4.76. The van der Waals surface area contributed by atoms with Crippen LogP contribution in [0.25, 0.3) is 0 Å². The number of sulfonamides is 1. The second-order valence-electron chi connectivity index (χ2n) is 6.77. The van der Waals surface area contributed by atoms with Gasteiger partial charge < -0.3 is 15.4 Å². The first-order chi connectivity index (χ1) is 13.5. The van der Waals surface area contributed by atoms with Crippen LogP contribution in [0.1, 0.15) is 18.1 Å². The third kappa shape index (κ3) is 5.58. The van der Waals surface area contributed by atoms with Crippen LogP contribution in [-0.2, 0) is 34.3 Å². The summed E-state index contributed by atoms with van der Waals surface area (Å²) in [4.78, 5) is 8.70. The van der Waals surface area contributed by atoms with Gasteiger partial charge in [-0.2, -0.15) is 16.9 Å². The maximum absolute atomic E-state index is 12.4. The molecule has 1 aromatic heterocycles. The summed E-state index contributed by atoms with van der Waals surface area (Å²) in [7, 11) is 0.0935. The van der Waals surface area contributed by atoms with Crippen LogP contribution in [-0.4, -0.2) is 90.5 Å². The Morgan fingerprint density at radius 3 is 2.89 bits per heavy atom. The molecule has 28 heavy (non-hydrogen) atoms. The summed E-state index contributed by atoms with van der Waals surface area (Å²) < 4.78 is 33.4. The average Bonchev–Trinajstić information content (AvgIpc) is 3.09. The Morgan fingerprint density at radius 1 is 1.39 bits per heavy atom. The molecular formula is C16H29N7O3S2. The summed E-state index contributed by atoms with van der Waals surface area (Å²) >= 11 is 1.80. The highest BCUT2D eigenvalue weighted by Crippen LogP contribution is 2.14. The number of fused-ring (bicyclic) bond motifs is 1. The summed E-state index contributed by atoms with van der Waals surface area (Å²) in [5, 5.41) is 10.9. The van der Waals surface area contributed by atoms with Gasteiger partial charge in [0, 0.05) is 57.8 Å². The zero-order valence-corrected chi connectivity index (χ0v) is 18.1. The molecule has 2 aliphatic rings. The van der Waals surface area contributed by atoms with E-state index in [1.54, 1.807) is 30.2 Å². The Labute approximate surface area is 170 Å². The molecule has 0 bridgehead atoms. The van der Waals surface area contributed by atoms with E-state index >= 15 is 0 Å². The molecular weight excluding hydrogens is 402 g/mol. The summed E-state index contributed by atoms with van der Waals surface area (Å²) in [5.74, 6) is 4.08. The van der Waals surface area contributed by atoms with E-state index < -0.39 is 10.0 Å². The van der Waals surface area contributed by atoms with Gasteiger partial charge in [-0.3, -0.25) is 4.99 Å². The van der Waals surface area contributed by atoms with Gasteiger partial charge >= 0.3 is 0 Å². The minimum atomic E-state index is -3.22. The number of thioether (sulfide) groups is 1. The number of aliphatic imine (C=N–C) groups is 1. The van der Waals surface area contributed by atoms with Crippen LogP contribution < -0.4 is 10.6 Å². The third-order valence-corrected chi connectivity index (χ3v) is 7.57. The molecule has 1 fully saturated rings. The van der Waals surface area contributed by atoms with Crippen LogP contribution in [0, 0.1) is 0 Å². The van der Waals surface area contributed by atoms with Gasteiger partial charge in [0.2, 0.25) is 10.0 Å². The molecule has 0 aliphatic carbocycles. The molecule has 10 nitrogen and oxygen atoms in total. The molecule has 2 N–H and O–H groups in total. The summed E-state index contributed by atoms with van der Waals surface area (Å²) in [6.45, 7) is 2.63. The SMILES string of the molecule is CN=C(NCCS(=O)(=O)N1CCSCC1)NC1CCc2nc(COC)nn2C1. The Balaban J connectivity index is 1.47. The van der Waals surface area contributed by atoms with Gasteiger partial charge in [0.1, 0.15) is 12.4 Å². The average molecular weight is 432 g/mol. The minimum Gasteiger partial charge on any atom is -0.377 e. The van der Waals surface area contributed by atoms with Gasteiger partial charge in [0.25, 0.3) is 0 Å². The molecule has 2 aliphatic heterocycles. The van der Waals surface area contributed by atoms with Crippen molar-refractivity contribution in [2.24, 2.45) is 4.99 Å². The number of hydrogen-bond donors (Lipinski definition) is 2. The molecule has 3 heterocycles. The van der Waals surface area contributed by atoms with Gasteiger partial charge in [0.15, 0.2) is 11.8 Å².